The fourth-order valence-corrected chi connectivity index (χ4v) is 0.742. The summed E-state index contributed by atoms with van der Waals surface area (Å²) in [6.45, 7) is -0.0330. The molecule has 0 saturated heterocycles. The molecule has 3 amide bonds. The Labute approximate surface area is 86.0 Å². The van der Waals surface area contributed by atoms with E-state index in [2.05, 4.69) is 11.2 Å². The third-order valence-electron chi connectivity index (χ3n) is 1.36. The normalized spacial score (nSPS) is 10.9. The molecule has 0 radical (unpaired) electrons. The van der Waals surface area contributed by atoms with Gasteiger partial charge in [0.15, 0.2) is 0 Å². The van der Waals surface area contributed by atoms with Crippen LogP contribution in [0.5, 0.6) is 0 Å². The minimum atomic E-state index is -1.35. The van der Waals surface area contributed by atoms with E-state index < -0.39 is 30.4 Å². The van der Waals surface area contributed by atoms with E-state index in [-0.39, 0.29) is 6.54 Å². The van der Waals surface area contributed by atoms with E-state index in [4.69, 9.17) is 17.3 Å². The SMILES string of the molecule is C#CCNC(=O)N[C@@H](CC(N)=O)C(=O)O. The van der Waals surface area contributed by atoms with Crippen LogP contribution in [0, 0.1) is 12.3 Å². The Bertz CT molecular complexity index is 307. The van der Waals surface area contributed by atoms with Gasteiger partial charge in [0.1, 0.15) is 6.04 Å². The molecule has 1 atom stereocenters. The van der Waals surface area contributed by atoms with Gasteiger partial charge in [-0.2, -0.15) is 0 Å². The molecule has 0 aromatic rings. The Morgan fingerprint density at radius 3 is 2.47 bits per heavy atom. The van der Waals surface area contributed by atoms with Crippen molar-refractivity contribution in [3.63, 3.8) is 0 Å². The smallest absolute Gasteiger partial charge is 0.326 e. The van der Waals surface area contributed by atoms with E-state index in [1.807, 2.05) is 5.32 Å². The molecule has 0 rings (SSSR count). The number of hydrogen-bond acceptors (Lipinski definition) is 3. The average molecular weight is 213 g/mol. The number of primary amides is 1. The van der Waals surface area contributed by atoms with Crippen LogP contribution in [0.2, 0.25) is 0 Å². The Balaban J connectivity index is 4.17. The van der Waals surface area contributed by atoms with Crippen molar-refractivity contribution in [3.8, 4) is 12.3 Å². The zero-order chi connectivity index (χ0) is 11.8. The van der Waals surface area contributed by atoms with Crippen LogP contribution in [-0.4, -0.2) is 35.6 Å². The van der Waals surface area contributed by atoms with Gasteiger partial charge in [0.2, 0.25) is 5.91 Å². The maximum absolute atomic E-state index is 11.0. The summed E-state index contributed by atoms with van der Waals surface area (Å²) in [4.78, 5) is 32.0. The molecule has 0 unspecified atom stereocenters. The van der Waals surface area contributed by atoms with Crippen molar-refractivity contribution in [3.05, 3.63) is 0 Å². The summed E-state index contributed by atoms with van der Waals surface area (Å²) < 4.78 is 0. The number of amides is 3. The summed E-state index contributed by atoms with van der Waals surface area (Å²) in [7, 11) is 0. The molecule has 0 aromatic heterocycles. The molecule has 0 aromatic carbocycles. The summed E-state index contributed by atoms with van der Waals surface area (Å²) in [6, 6.07) is -2.11. The lowest BCUT2D eigenvalue weighted by atomic mass is 10.2. The molecule has 0 spiro atoms. The lowest BCUT2D eigenvalue weighted by molar-refractivity contribution is -0.140. The van der Waals surface area contributed by atoms with Gasteiger partial charge in [0.05, 0.1) is 13.0 Å². The van der Waals surface area contributed by atoms with Crippen molar-refractivity contribution in [1.29, 1.82) is 0 Å². The first-order valence-corrected chi connectivity index (χ1v) is 3.96. The second-order valence-corrected chi connectivity index (χ2v) is 2.59. The van der Waals surface area contributed by atoms with Crippen LogP contribution in [0.4, 0.5) is 4.79 Å². The Hall–Kier alpha value is -2.23. The molecule has 15 heavy (non-hydrogen) atoms. The number of terminal acetylenes is 1. The second kappa shape index (κ2) is 6.26. The summed E-state index contributed by atoms with van der Waals surface area (Å²) in [6.07, 6.45) is 4.39. The second-order valence-electron chi connectivity index (χ2n) is 2.59. The molecule has 0 heterocycles. The van der Waals surface area contributed by atoms with Crippen LogP contribution < -0.4 is 16.4 Å². The van der Waals surface area contributed by atoms with Crippen LogP contribution in [0.15, 0.2) is 0 Å². The van der Waals surface area contributed by atoms with Crippen molar-refractivity contribution < 1.29 is 19.5 Å². The first-order valence-electron chi connectivity index (χ1n) is 3.96. The number of carbonyl (C=O) groups is 3. The number of aliphatic carboxylic acids is 1. The lowest BCUT2D eigenvalue weighted by Gasteiger charge is -2.12. The molecular formula is C8H11N3O4. The van der Waals surface area contributed by atoms with E-state index >= 15 is 0 Å². The molecule has 7 heteroatoms. The maximum Gasteiger partial charge on any atom is 0.326 e. The van der Waals surface area contributed by atoms with Crippen LogP contribution in [0.3, 0.4) is 0 Å². The summed E-state index contributed by atoms with van der Waals surface area (Å²) in [5.41, 5.74) is 4.80. The van der Waals surface area contributed by atoms with E-state index in [1.165, 1.54) is 0 Å². The number of urea groups is 1. The number of carboxylic acids is 1. The molecule has 7 nitrogen and oxygen atoms in total. The standard InChI is InChI=1S/C8H11N3O4/c1-2-3-10-8(15)11-5(7(13)14)4-6(9)12/h1,5H,3-4H2,(H2,9,12)(H,13,14)(H2,10,11,15)/t5-/m0/s1. The maximum atomic E-state index is 11.0. The average Bonchev–Trinajstić information content (AvgIpc) is 2.12. The predicted molar refractivity (Wildman–Crippen MR) is 50.6 cm³/mol. The monoisotopic (exact) mass is 213 g/mol. The van der Waals surface area contributed by atoms with Crippen molar-refractivity contribution in [2.75, 3.05) is 6.54 Å². The predicted octanol–water partition coefficient (Wildman–Crippen LogP) is -1.75. The van der Waals surface area contributed by atoms with Gasteiger partial charge in [0.25, 0.3) is 0 Å². The van der Waals surface area contributed by atoms with Gasteiger partial charge >= 0.3 is 12.0 Å². The highest BCUT2D eigenvalue weighted by atomic mass is 16.4. The van der Waals surface area contributed by atoms with E-state index in [0.717, 1.165) is 0 Å². The molecule has 0 aliphatic rings. The molecular weight excluding hydrogens is 202 g/mol. The van der Waals surface area contributed by atoms with Crippen molar-refractivity contribution >= 4 is 17.9 Å². The number of nitrogens with one attached hydrogen (secondary N) is 2. The zero-order valence-corrected chi connectivity index (χ0v) is 7.82. The summed E-state index contributed by atoms with van der Waals surface area (Å²) >= 11 is 0. The van der Waals surface area contributed by atoms with Crippen molar-refractivity contribution in [2.24, 2.45) is 5.73 Å². The van der Waals surface area contributed by atoms with E-state index in [0.29, 0.717) is 0 Å². The van der Waals surface area contributed by atoms with Gasteiger partial charge in [0, 0.05) is 0 Å². The zero-order valence-electron chi connectivity index (χ0n) is 7.82. The van der Waals surface area contributed by atoms with Crippen LogP contribution in [0.1, 0.15) is 6.42 Å². The van der Waals surface area contributed by atoms with Gasteiger partial charge in [-0.15, -0.1) is 6.42 Å². The van der Waals surface area contributed by atoms with Gasteiger partial charge in [-0.05, 0) is 0 Å². The number of hydrogen-bond donors (Lipinski definition) is 4. The van der Waals surface area contributed by atoms with Crippen LogP contribution >= 0.6 is 0 Å². The van der Waals surface area contributed by atoms with Crippen molar-refractivity contribution in [2.45, 2.75) is 12.5 Å². The first kappa shape index (κ1) is 12.8. The number of carbonyl (C=O) groups excluding carboxylic acids is 2. The molecule has 0 fully saturated rings. The molecule has 0 bridgehead atoms. The van der Waals surface area contributed by atoms with Gasteiger partial charge < -0.3 is 21.5 Å². The highest BCUT2D eigenvalue weighted by Gasteiger charge is 2.21. The minimum Gasteiger partial charge on any atom is -0.480 e. The lowest BCUT2D eigenvalue weighted by Crippen LogP contribution is -2.47. The third-order valence-corrected chi connectivity index (χ3v) is 1.36. The van der Waals surface area contributed by atoms with Gasteiger partial charge in [-0.25, -0.2) is 9.59 Å². The number of nitrogens with two attached hydrogens (primary N) is 1. The van der Waals surface area contributed by atoms with Crippen LogP contribution in [0.25, 0.3) is 0 Å². The molecule has 0 aliphatic heterocycles. The largest absolute Gasteiger partial charge is 0.480 e. The molecule has 82 valence electrons. The number of carboxylic acid groups (broad SMARTS) is 1. The van der Waals surface area contributed by atoms with Gasteiger partial charge in [-0.1, -0.05) is 5.92 Å². The highest BCUT2D eigenvalue weighted by molar-refractivity contribution is 5.87. The van der Waals surface area contributed by atoms with Crippen LogP contribution in [-0.2, 0) is 9.59 Å². The molecule has 0 saturated carbocycles. The highest BCUT2D eigenvalue weighted by Crippen LogP contribution is 1.91. The Morgan fingerprint density at radius 1 is 1.47 bits per heavy atom. The fraction of sp³-hybridized carbons (Fsp3) is 0.375. The Morgan fingerprint density at radius 2 is 2.07 bits per heavy atom. The minimum absolute atomic E-state index is 0.0330. The molecule has 0 aliphatic carbocycles. The number of rotatable bonds is 5. The quantitative estimate of drug-likeness (QED) is 0.404. The van der Waals surface area contributed by atoms with Gasteiger partial charge in [-0.3, -0.25) is 4.79 Å². The summed E-state index contributed by atoms with van der Waals surface area (Å²) in [5, 5.41) is 12.8. The van der Waals surface area contributed by atoms with Crippen molar-refractivity contribution in [1.82, 2.24) is 10.6 Å². The van der Waals surface area contributed by atoms with E-state index in [9.17, 15) is 14.4 Å². The molecule has 5 N–H and O–H groups in total. The Kier molecular flexibility index (Phi) is 5.33. The topological polar surface area (TPSA) is 122 Å². The van der Waals surface area contributed by atoms with E-state index in [1.54, 1.807) is 0 Å². The summed E-state index contributed by atoms with van der Waals surface area (Å²) in [5.74, 6) is -0.0318. The fourth-order valence-electron chi connectivity index (χ4n) is 0.742. The third kappa shape index (κ3) is 5.93. The first-order chi connectivity index (χ1) is 6.97.